The largest absolute Gasteiger partial charge is 0.477 e. The molecule has 6 nitrogen and oxygen atoms in total. The third kappa shape index (κ3) is 2.62. The first-order valence-corrected chi connectivity index (χ1v) is 7.17. The molecule has 1 N–H and O–H groups in total. The minimum atomic E-state index is -1.26. The molecule has 0 aromatic carbocycles. The van der Waals surface area contributed by atoms with Gasteiger partial charge < -0.3 is 5.11 Å². The van der Waals surface area contributed by atoms with Crippen LogP contribution in [-0.4, -0.2) is 25.6 Å². The van der Waals surface area contributed by atoms with Gasteiger partial charge in [0, 0.05) is 28.4 Å². The Labute approximate surface area is 133 Å². The number of pyridine rings is 3. The Hall–Kier alpha value is -2.54. The first-order valence-electron chi connectivity index (χ1n) is 6.37. The van der Waals surface area contributed by atoms with E-state index in [0.717, 1.165) is 5.56 Å². The quantitative estimate of drug-likeness (QED) is 0.775. The van der Waals surface area contributed by atoms with Gasteiger partial charge in [-0.2, -0.15) is 0 Å². The minimum Gasteiger partial charge on any atom is -0.477 e. The zero-order valence-corrected chi connectivity index (χ0v) is 12.8. The molecule has 0 spiro atoms. The Morgan fingerprint density at radius 1 is 1.32 bits per heavy atom. The summed E-state index contributed by atoms with van der Waals surface area (Å²) in [6.07, 6.45) is 4.83. The maximum atomic E-state index is 12.4. The molecule has 0 aliphatic carbocycles. The van der Waals surface area contributed by atoms with E-state index in [9.17, 15) is 14.7 Å². The van der Waals surface area contributed by atoms with Gasteiger partial charge in [0.25, 0.3) is 5.56 Å². The molecule has 0 unspecified atom stereocenters. The van der Waals surface area contributed by atoms with E-state index in [2.05, 4.69) is 25.9 Å². The smallest absolute Gasteiger partial charge is 0.341 e. The molecule has 0 bridgehead atoms. The molecule has 0 saturated heterocycles. The molecule has 0 atom stereocenters. The van der Waals surface area contributed by atoms with Gasteiger partial charge >= 0.3 is 5.97 Å². The van der Waals surface area contributed by atoms with Crippen molar-refractivity contribution < 1.29 is 9.90 Å². The first-order chi connectivity index (χ1) is 10.6. The number of fused-ring (bicyclic) bond motifs is 1. The van der Waals surface area contributed by atoms with E-state index in [-0.39, 0.29) is 12.1 Å². The zero-order chi connectivity index (χ0) is 15.7. The Bertz CT molecular complexity index is 922. The van der Waals surface area contributed by atoms with Crippen LogP contribution < -0.4 is 5.56 Å². The van der Waals surface area contributed by atoms with Gasteiger partial charge in [0.1, 0.15) is 11.2 Å². The number of aromatic carboxylic acids is 1. The lowest BCUT2D eigenvalue weighted by Crippen LogP contribution is -2.27. The Kier molecular flexibility index (Phi) is 3.72. The summed E-state index contributed by atoms with van der Waals surface area (Å²) in [5, 5.41) is 9.81. The summed E-state index contributed by atoms with van der Waals surface area (Å²) < 4.78 is 2.06. The fourth-order valence-electron chi connectivity index (χ4n) is 2.21. The minimum absolute atomic E-state index is 0.207. The van der Waals surface area contributed by atoms with Gasteiger partial charge in [-0.3, -0.25) is 14.3 Å². The van der Waals surface area contributed by atoms with Crippen molar-refractivity contribution in [3.8, 4) is 0 Å². The number of nitrogens with zero attached hydrogens (tertiary/aromatic N) is 3. The number of carbonyl (C=O) groups is 1. The summed E-state index contributed by atoms with van der Waals surface area (Å²) in [5.74, 6) is -1.26. The Morgan fingerprint density at radius 2 is 2.14 bits per heavy atom. The molecule has 0 saturated carbocycles. The van der Waals surface area contributed by atoms with Gasteiger partial charge in [-0.25, -0.2) is 9.78 Å². The van der Waals surface area contributed by atoms with Crippen LogP contribution >= 0.6 is 15.9 Å². The maximum absolute atomic E-state index is 12.4. The van der Waals surface area contributed by atoms with E-state index in [0.29, 0.717) is 15.5 Å². The average Bonchev–Trinajstić information content (AvgIpc) is 2.50. The number of carboxylic acids is 1. The molecule has 0 fully saturated rings. The van der Waals surface area contributed by atoms with E-state index >= 15 is 0 Å². The van der Waals surface area contributed by atoms with Gasteiger partial charge in [0.15, 0.2) is 0 Å². The van der Waals surface area contributed by atoms with Crippen LogP contribution in [0, 0.1) is 0 Å². The standard InChI is InChI=1S/C15H10BrN3O3/c16-11-4-10-5-12(15(21)22)14(20)19(13(10)18-7-11)8-9-2-1-3-17-6-9/h1-7H,8H2,(H,21,22). The number of hydrogen-bond donors (Lipinski definition) is 1. The highest BCUT2D eigenvalue weighted by molar-refractivity contribution is 9.10. The van der Waals surface area contributed by atoms with Crippen molar-refractivity contribution in [2.24, 2.45) is 0 Å². The fraction of sp³-hybridized carbons (Fsp3) is 0.0667. The van der Waals surface area contributed by atoms with Crippen molar-refractivity contribution in [2.75, 3.05) is 0 Å². The molecule has 3 aromatic rings. The van der Waals surface area contributed by atoms with Gasteiger partial charge in [0.05, 0.1) is 6.54 Å². The van der Waals surface area contributed by atoms with Gasteiger partial charge in [-0.05, 0) is 39.7 Å². The molecule has 0 radical (unpaired) electrons. The summed E-state index contributed by atoms with van der Waals surface area (Å²) in [6.45, 7) is 0.207. The lowest BCUT2D eigenvalue weighted by atomic mass is 10.2. The van der Waals surface area contributed by atoms with Crippen LogP contribution in [0.15, 0.2) is 52.1 Å². The summed E-state index contributed by atoms with van der Waals surface area (Å²) in [5.41, 5.74) is 0.357. The molecule has 0 amide bonds. The van der Waals surface area contributed by atoms with Gasteiger partial charge in [0.2, 0.25) is 0 Å². The summed E-state index contributed by atoms with van der Waals surface area (Å²) >= 11 is 3.30. The zero-order valence-electron chi connectivity index (χ0n) is 11.2. The average molecular weight is 360 g/mol. The third-order valence-electron chi connectivity index (χ3n) is 3.19. The highest BCUT2D eigenvalue weighted by atomic mass is 79.9. The second kappa shape index (κ2) is 5.69. The lowest BCUT2D eigenvalue weighted by Gasteiger charge is -2.11. The van der Waals surface area contributed by atoms with Crippen LogP contribution in [0.25, 0.3) is 11.0 Å². The predicted octanol–water partition coefficient (Wildman–Crippen LogP) is 2.30. The topological polar surface area (TPSA) is 85.1 Å². The molecular formula is C15H10BrN3O3. The van der Waals surface area contributed by atoms with Crippen molar-refractivity contribution in [2.45, 2.75) is 6.54 Å². The summed E-state index contributed by atoms with van der Waals surface area (Å²) in [6, 6.07) is 6.65. The van der Waals surface area contributed by atoms with Crippen LogP contribution in [0.5, 0.6) is 0 Å². The van der Waals surface area contributed by atoms with Crippen LogP contribution in [-0.2, 0) is 6.54 Å². The van der Waals surface area contributed by atoms with Crippen molar-refractivity contribution in [3.63, 3.8) is 0 Å². The van der Waals surface area contributed by atoms with Gasteiger partial charge in [-0.1, -0.05) is 6.07 Å². The van der Waals surface area contributed by atoms with Gasteiger partial charge in [-0.15, -0.1) is 0 Å². The number of carboxylic acid groups (broad SMARTS) is 1. The maximum Gasteiger partial charge on any atom is 0.341 e. The molecule has 3 aromatic heterocycles. The monoisotopic (exact) mass is 359 g/mol. The van der Waals surface area contributed by atoms with Crippen LogP contribution in [0.2, 0.25) is 0 Å². The molecule has 0 aliphatic heterocycles. The second-order valence-corrected chi connectivity index (χ2v) is 5.60. The second-order valence-electron chi connectivity index (χ2n) is 4.68. The van der Waals surface area contributed by atoms with Crippen LogP contribution in [0.3, 0.4) is 0 Å². The molecule has 3 heterocycles. The number of hydrogen-bond acceptors (Lipinski definition) is 4. The van der Waals surface area contributed by atoms with E-state index < -0.39 is 11.5 Å². The van der Waals surface area contributed by atoms with Crippen molar-refractivity contribution in [1.29, 1.82) is 0 Å². The van der Waals surface area contributed by atoms with E-state index in [1.54, 1.807) is 30.7 Å². The Morgan fingerprint density at radius 3 is 2.82 bits per heavy atom. The van der Waals surface area contributed by atoms with Crippen molar-refractivity contribution in [1.82, 2.24) is 14.5 Å². The molecule has 22 heavy (non-hydrogen) atoms. The number of aromatic nitrogens is 3. The molecular weight excluding hydrogens is 350 g/mol. The molecule has 3 rings (SSSR count). The Balaban J connectivity index is 2.28. The predicted molar refractivity (Wildman–Crippen MR) is 84.0 cm³/mol. The van der Waals surface area contributed by atoms with Crippen LogP contribution in [0.1, 0.15) is 15.9 Å². The first kappa shape index (κ1) is 14.4. The summed E-state index contributed by atoms with van der Waals surface area (Å²) in [4.78, 5) is 32.0. The van der Waals surface area contributed by atoms with E-state index in [1.807, 2.05) is 6.07 Å². The molecule has 7 heteroatoms. The highest BCUT2D eigenvalue weighted by Gasteiger charge is 2.16. The molecule has 0 aliphatic rings. The number of halogens is 1. The SMILES string of the molecule is O=C(O)c1cc2cc(Br)cnc2n(Cc2cccnc2)c1=O. The van der Waals surface area contributed by atoms with Crippen LogP contribution in [0.4, 0.5) is 0 Å². The highest BCUT2D eigenvalue weighted by Crippen LogP contribution is 2.18. The van der Waals surface area contributed by atoms with E-state index in [1.165, 1.54) is 10.6 Å². The number of rotatable bonds is 3. The summed E-state index contributed by atoms with van der Waals surface area (Å²) in [7, 11) is 0. The lowest BCUT2D eigenvalue weighted by molar-refractivity contribution is 0.0694. The fourth-order valence-corrected chi connectivity index (χ4v) is 2.56. The normalized spacial score (nSPS) is 10.8. The third-order valence-corrected chi connectivity index (χ3v) is 3.62. The van der Waals surface area contributed by atoms with Crippen molar-refractivity contribution >= 4 is 32.9 Å². The van der Waals surface area contributed by atoms with Crippen molar-refractivity contribution in [3.05, 3.63) is 68.8 Å². The molecule has 110 valence electrons. The van der Waals surface area contributed by atoms with E-state index in [4.69, 9.17) is 0 Å².